The van der Waals surface area contributed by atoms with Crippen LogP contribution in [0.1, 0.15) is 25.3 Å². The summed E-state index contributed by atoms with van der Waals surface area (Å²) < 4.78 is 0. The van der Waals surface area contributed by atoms with E-state index in [1.165, 1.54) is 18.4 Å². The van der Waals surface area contributed by atoms with Gasteiger partial charge >= 0.3 is 0 Å². The van der Waals surface area contributed by atoms with Gasteiger partial charge in [0.2, 0.25) is 0 Å². The highest BCUT2D eigenvalue weighted by Crippen LogP contribution is 2.18. The standard InChI is InChI=1S/C13H21N3/c1-3-16(12-5-4-8-14-10-12)13-7-6-11(2)9-15-13/h6-7,9,12,14H,3-5,8,10H2,1-2H3. The van der Waals surface area contributed by atoms with Gasteiger partial charge in [-0.25, -0.2) is 4.98 Å². The van der Waals surface area contributed by atoms with Crippen LogP contribution < -0.4 is 10.2 Å². The number of piperidine rings is 1. The third kappa shape index (κ3) is 2.53. The molecule has 88 valence electrons. The van der Waals surface area contributed by atoms with Gasteiger partial charge in [-0.2, -0.15) is 0 Å². The molecule has 1 aromatic heterocycles. The van der Waals surface area contributed by atoms with Gasteiger partial charge in [0.25, 0.3) is 0 Å². The molecule has 0 radical (unpaired) electrons. The minimum atomic E-state index is 0.606. The SMILES string of the molecule is CCN(c1ccc(C)cn1)C1CCCNC1. The van der Waals surface area contributed by atoms with Crippen LogP contribution in [0.3, 0.4) is 0 Å². The Morgan fingerprint density at radius 2 is 2.38 bits per heavy atom. The van der Waals surface area contributed by atoms with Crippen molar-refractivity contribution in [1.82, 2.24) is 10.3 Å². The molecular weight excluding hydrogens is 198 g/mol. The molecule has 0 aromatic carbocycles. The lowest BCUT2D eigenvalue weighted by Gasteiger charge is -2.34. The third-order valence-electron chi connectivity index (χ3n) is 3.24. The van der Waals surface area contributed by atoms with E-state index < -0.39 is 0 Å². The predicted octanol–water partition coefficient (Wildman–Crippen LogP) is 1.97. The molecule has 1 atom stereocenters. The van der Waals surface area contributed by atoms with Crippen LogP contribution in [0.5, 0.6) is 0 Å². The first-order chi connectivity index (χ1) is 7.81. The normalized spacial score (nSPS) is 20.8. The number of anilines is 1. The summed E-state index contributed by atoms with van der Waals surface area (Å²) in [5, 5.41) is 3.46. The van der Waals surface area contributed by atoms with Crippen molar-refractivity contribution in [3.05, 3.63) is 23.9 Å². The van der Waals surface area contributed by atoms with E-state index in [0.717, 1.165) is 25.5 Å². The van der Waals surface area contributed by atoms with E-state index in [2.05, 4.69) is 41.2 Å². The molecule has 0 saturated carbocycles. The van der Waals surface area contributed by atoms with Crippen LogP contribution in [-0.4, -0.2) is 30.7 Å². The Hall–Kier alpha value is -1.09. The van der Waals surface area contributed by atoms with E-state index in [1.807, 2.05) is 6.20 Å². The van der Waals surface area contributed by atoms with Gasteiger partial charge in [-0.1, -0.05) is 6.07 Å². The maximum absolute atomic E-state index is 4.52. The average Bonchev–Trinajstić information content (AvgIpc) is 2.34. The van der Waals surface area contributed by atoms with Crippen LogP contribution in [0.15, 0.2) is 18.3 Å². The van der Waals surface area contributed by atoms with Crippen LogP contribution in [-0.2, 0) is 0 Å². The fourth-order valence-electron chi connectivity index (χ4n) is 2.34. The Morgan fingerprint density at radius 1 is 1.50 bits per heavy atom. The van der Waals surface area contributed by atoms with Gasteiger partial charge in [-0.05, 0) is 44.9 Å². The number of hydrogen-bond acceptors (Lipinski definition) is 3. The van der Waals surface area contributed by atoms with E-state index in [1.54, 1.807) is 0 Å². The summed E-state index contributed by atoms with van der Waals surface area (Å²) in [6, 6.07) is 4.88. The van der Waals surface area contributed by atoms with E-state index in [0.29, 0.717) is 6.04 Å². The first kappa shape index (κ1) is 11.4. The molecule has 0 amide bonds. The van der Waals surface area contributed by atoms with Crippen molar-refractivity contribution < 1.29 is 0 Å². The summed E-state index contributed by atoms with van der Waals surface area (Å²) in [5.41, 5.74) is 1.22. The summed E-state index contributed by atoms with van der Waals surface area (Å²) >= 11 is 0. The van der Waals surface area contributed by atoms with Crippen LogP contribution in [0, 0.1) is 6.92 Å². The second-order valence-electron chi connectivity index (χ2n) is 4.48. The van der Waals surface area contributed by atoms with Crippen LogP contribution >= 0.6 is 0 Å². The van der Waals surface area contributed by atoms with Gasteiger partial charge in [-0.3, -0.25) is 0 Å². The average molecular weight is 219 g/mol. The molecule has 2 rings (SSSR count). The first-order valence-corrected chi connectivity index (χ1v) is 6.21. The maximum atomic E-state index is 4.52. The van der Waals surface area contributed by atoms with E-state index in [9.17, 15) is 0 Å². The molecule has 1 aliphatic rings. The van der Waals surface area contributed by atoms with Gasteiger partial charge in [-0.15, -0.1) is 0 Å². The van der Waals surface area contributed by atoms with Gasteiger partial charge in [0.15, 0.2) is 0 Å². The summed E-state index contributed by atoms with van der Waals surface area (Å²) in [6.45, 7) is 7.56. The second kappa shape index (κ2) is 5.30. The van der Waals surface area contributed by atoms with Crippen molar-refractivity contribution in [3.63, 3.8) is 0 Å². The molecule has 1 unspecified atom stereocenters. The fourth-order valence-corrected chi connectivity index (χ4v) is 2.34. The Morgan fingerprint density at radius 3 is 2.94 bits per heavy atom. The number of pyridine rings is 1. The number of aromatic nitrogens is 1. The summed E-state index contributed by atoms with van der Waals surface area (Å²) in [6.07, 6.45) is 4.50. The minimum absolute atomic E-state index is 0.606. The molecule has 1 N–H and O–H groups in total. The molecule has 1 aromatic rings. The monoisotopic (exact) mass is 219 g/mol. The Bertz CT molecular complexity index is 314. The molecular formula is C13H21N3. The van der Waals surface area contributed by atoms with Gasteiger partial charge in [0.1, 0.15) is 5.82 Å². The summed E-state index contributed by atoms with van der Waals surface area (Å²) in [7, 11) is 0. The number of likely N-dealkylation sites (N-methyl/N-ethyl adjacent to an activating group) is 1. The highest BCUT2D eigenvalue weighted by Gasteiger charge is 2.20. The topological polar surface area (TPSA) is 28.2 Å². The number of aryl methyl sites for hydroxylation is 1. The highest BCUT2D eigenvalue weighted by molar-refractivity contribution is 5.40. The molecule has 1 fully saturated rings. The lowest BCUT2D eigenvalue weighted by Crippen LogP contribution is -2.46. The Labute approximate surface area is 97.9 Å². The van der Waals surface area contributed by atoms with Gasteiger partial charge in [0, 0.05) is 25.3 Å². The van der Waals surface area contributed by atoms with E-state index in [4.69, 9.17) is 0 Å². The molecule has 0 bridgehead atoms. The number of rotatable bonds is 3. The fraction of sp³-hybridized carbons (Fsp3) is 0.615. The van der Waals surface area contributed by atoms with Crippen molar-refractivity contribution in [2.45, 2.75) is 32.7 Å². The second-order valence-corrected chi connectivity index (χ2v) is 4.48. The van der Waals surface area contributed by atoms with Gasteiger partial charge in [0.05, 0.1) is 0 Å². The summed E-state index contributed by atoms with van der Waals surface area (Å²) in [4.78, 5) is 6.93. The Balaban J connectivity index is 2.11. The van der Waals surface area contributed by atoms with Crippen LogP contribution in [0.25, 0.3) is 0 Å². The zero-order valence-corrected chi connectivity index (χ0v) is 10.2. The molecule has 3 nitrogen and oxygen atoms in total. The molecule has 0 spiro atoms. The van der Waals surface area contributed by atoms with E-state index in [-0.39, 0.29) is 0 Å². The quantitative estimate of drug-likeness (QED) is 0.842. The third-order valence-corrected chi connectivity index (χ3v) is 3.24. The van der Waals surface area contributed by atoms with Crippen molar-refractivity contribution in [1.29, 1.82) is 0 Å². The number of nitrogens with zero attached hydrogens (tertiary/aromatic N) is 2. The van der Waals surface area contributed by atoms with Crippen LogP contribution in [0.2, 0.25) is 0 Å². The molecule has 1 saturated heterocycles. The van der Waals surface area contributed by atoms with Crippen molar-refractivity contribution >= 4 is 5.82 Å². The largest absolute Gasteiger partial charge is 0.353 e. The van der Waals surface area contributed by atoms with Gasteiger partial charge < -0.3 is 10.2 Å². The van der Waals surface area contributed by atoms with Crippen molar-refractivity contribution in [3.8, 4) is 0 Å². The first-order valence-electron chi connectivity index (χ1n) is 6.21. The summed E-state index contributed by atoms with van der Waals surface area (Å²) in [5.74, 6) is 1.11. The zero-order valence-electron chi connectivity index (χ0n) is 10.2. The molecule has 0 aliphatic carbocycles. The molecule has 2 heterocycles. The smallest absolute Gasteiger partial charge is 0.128 e. The van der Waals surface area contributed by atoms with Crippen molar-refractivity contribution in [2.24, 2.45) is 0 Å². The molecule has 1 aliphatic heterocycles. The maximum Gasteiger partial charge on any atom is 0.128 e. The number of nitrogens with one attached hydrogen (secondary N) is 1. The minimum Gasteiger partial charge on any atom is -0.353 e. The lowest BCUT2D eigenvalue weighted by molar-refractivity contribution is 0.433. The van der Waals surface area contributed by atoms with Crippen LogP contribution in [0.4, 0.5) is 5.82 Å². The zero-order chi connectivity index (χ0) is 11.4. The number of hydrogen-bond donors (Lipinski definition) is 1. The van der Waals surface area contributed by atoms with E-state index >= 15 is 0 Å². The predicted molar refractivity (Wildman–Crippen MR) is 67.9 cm³/mol. The lowest BCUT2D eigenvalue weighted by atomic mass is 10.1. The molecule has 3 heteroatoms. The molecule has 16 heavy (non-hydrogen) atoms. The van der Waals surface area contributed by atoms with Crippen molar-refractivity contribution in [2.75, 3.05) is 24.5 Å². The Kier molecular flexibility index (Phi) is 3.78. The highest BCUT2D eigenvalue weighted by atomic mass is 15.2.